The molecular formula is C23H26N2O3S. The van der Waals surface area contributed by atoms with Crippen LogP contribution in [0.4, 0.5) is 0 Å². The topological polar surface area (TPSA) is 60.5 Å². The van der Waals surface area contributed by atoms with Gasteiger partial charge in [0, 0.05) is 5.38 Å². The lowest BCUT2D eigenvalue weighted by atomic mass is 10.1. The van der Waals surface area contributed by atoms with Gasteiger partial charge in [-0.05, 0) is 50.6 Å². The highest BCUT2D eigenvalue weighted by Crippen LogP contribution is 2.19. The van der Waals surface area contributed by atoms with Crippen LogP contribution in [0.5, 0.6) is 11.5 Å². The summed E-state index contributed by atoms with van der Waals surface area (Å²) in [5.74, 6) is 1.59. The van der Waals surface area contributed by atoms with E-state index in [1.165, 1.54) is 16.9 Å². The van der Waals surface area contributed by atoms with Gasteiger partial charge in [0.2, 0.25) is 5.91 Å². The first-order chi connectivity index (χ1) is 14.0. The van der Waals surface area contributed by atoms with Crippen molar-refractivity contribution in [1.82, 2.24) is 10.3 Å². The Kier molecular flexibility index (Phi) is 7.25. The Balaban J connectivity index is 1.48. The van der Waals surface area contributed by atoms with Crippen molar-refractivity contribution in [1.29, 1.82) is 0 Å². The second-order valence-corrected chi connectivity index (χ2v) is 7.74. The van der Waals surface area contributed by atoms with Crippen molar-refractivity contribution < 1.29 is 14.3 Å². The highest BCUT2D eigenvalue weighted by atomic mass is 32.1. The molecule has 1 unspecified atom stereocenters. The van der Waals surface area contributed by atoms with E-state index in [0.29, 0.717) is 13.2 Å². The molecule has 1 heterocycles. The lowest BCUT2D eigenvalue weighted by Gasteiger charge is -2.14. The number of amides is 1. The van der Waals surface area contributed by atoms with Crippen LogP contribution < -0.4 is 14.8 Å². The molecule has 2 aromatic carbocycles. The van der Waals surface area contributed by atoms with Crippen molar-refractivity contribution in [3.63, 3.8) is 0 Å². The molecule has 1 aromatic heterocycles. The van der Waals surface area contributed by atoms with Crippen LogP contribution in [0.3, 0.4) is 0 Å². The van der Waals surface area contributed by atoms with E-state index in [0.717, 1.165) is 27.8 Å². The quantitative estimate of drug-likeness (QED) is 0.548. The number of thiazole rings is 1. The van der Waals surface area contributed by atoms with Gasteiger partial charge < -0.3 is 14.8 Å². The number of hydrogen-bond acceptors (Lipinski definition) is 5. The van der Waals surface area contributed by atoms with Crippen molar-refractivity contribution in [2.24, 2.45) is 0 Å². The second-order valence-electron chi connectivity index (χ2n) is 6.80. The van der Waals surface area contributed by atoms with Crippen LogP contribution in [-0.2, 0) is 17.8 Å². The van der Waals surface area contributed by atoms with Crippen molar-refractivity contribution in [3.05, 3.63) is 75.7 Å². The van der Waals surface area contributed by atoms with Gasteiger partial charge in [0.15, 0.2) is 0 Å². The molecule has 29 heavy (non-hydrogen) atoms. The lowest BCUT2D eigenvalue weighted by Crippen LogP contribution is -2.28. The van der Waals surface area contributed by atoms with E-state index in [1.807, 2.05) is 74.7 Å². The minimum Gasteiger partial charge on any atom is -0.494 e. The number of ether oxygens (including phenoxy) is 2. The molecule has 0 aliphatic rings. The summed E-state index contributed by atoms with van der Waals surface area (Å²) in [5, 5.41) is 5.79. The average Bonchev–Trinajstić information content (AvgIpc) is 3.15. The fourth-order valence-corrected chi connectivity index (χ4v) is 3.54. The van der Waals surface area contributed by atoms with Crippen LogP contribution in [0.1, 0.15) is 41.7 Å². The number of benzene rings is 2. The van der Waals surface area contributed by atoms with Crippen LogP contribution in [0.2, 0.25) is 0 Å². The van der Waals surface area contributed by atoms with Gasteiger partial charge in [-0.2, -0.15) is 0 Å². The average molecular weight is 411 g/mol. The molecule has 0 aliphatic heterocycles. The predicted molar refractivity (Wildman–Crippen MR) is 115 cm³/mol. The number of aryl methyl sites for hydroxylation is 1. The Morgan fingerprint density at radius 2 is 1.72 bits per heavy atom. The fourth-order valence-electron chi connectivity index (χ4n) is 2.84. The molecule has 0 bridgehead atoms. The van der Waals surface area contributed by atoms with Gasteiger partial charge >= 0.3 is 0 Å². The summed E-state index contributed by atoms with van der Waals surface area (Å²) in [6.07, 6.45) is 0.252. The zero-order chi connectivity index (χ0) is 20.6. The van der Waals surface area contributed by atoms with E-state index in [2.05, 4.69) is 10.3 Å². The molecule has 1 N–H and O–H groups in total. The maximum atomic E-state index is 12.4. The highest BCUT2D eigenvalue weighted by Gasteiger charge is 2.12. The Bertz CT molecular complexity index is 920. The summed E-state index contributed by atoms with van der Waals surface area (Å²) in [6.45, 7) is 7.00. The minimum absolute atomic E-state index is 0.0531. The highest BCUT2D eigenvalue weighted by molar-refractivity contribution is 7.09. The third-order valence-electron chi connectivity index (χ3n) is 4.39. The van der Waals surface area contributed by atoms with E-state index in [1.54, 1.807) is 0 Å². The lowest BCUT2D eigenvalue weighted by molar-refractivity contribution is -0.121. The Hall–Kier alpha value is -2.86. The molecule has 3 aromatic rings. The molecule has 1 atom stereocenters. The van der Waals surface area contributed by atoms with Gasteiger partial charge in [0.25, 0.3) is 0 Å². The van der Waals surface area contributed by atoms with Crippen molar-refractivity contribution in [2.75, 3.05) is 6.61 Å². The van der Waals surface area contributed by atoms with Crippen LogP contribution >= 0.6 is 11.3 Å². The van der Waals surface area contributed by atoms with Crippen LogP contribution in [0.15, 0.2) is 53.9 Å². The monoisotopic (exact) mass is 410 g/mol. The molecular weight excluding hydrogens is 384 g/mol. The number of carbonyl (C=O) groups excluding carboxylic acids is 1. The number of nitrogens with one attached hydrogen (secondary N) is 1. The van der Waals surface area contributed by atoms with E-state index in [-0.39, 0.29) is 18.4 Å². The summed E-state index contributed by atoms with van der Waals surface area (Å²) in [7, 11) is 0. The van der Waals surface area contributed by atoms with Crippen molar-refractivity contribution >= 4 is 17.2 Å². The third-order valence-corrected chi connectivity index (χ3v) is 5.26. The van der Waals surface area contributed by atoms with Crippen LogP contribution in [-0.4, -0.2) is 17.5 Å². The Morgan fingerprint density at radius 3 is 2.41 bits per heavy atom. The Labute approximate surface area is 175 Å². The predicted octanol–water partition coefficient (Wildman–Crippen LogP) is 4.85. The molecule has 5 nitrogen and oxygen atoms in total. The van der Waals surface area contributed by atoms with E-state index in [4.69, 9.17) is 9.47 Å². The molecule has 0 saturated heterocycles. The fraction of sp³-hybridized carbons (Fsp3) is 0.304. The SMILES string of the molecule is CCOc1ccc(C(C)NC(=O)Cc2csc(COc3ccc(C)cc3)n2)cc1. The summed E-state index contributed by atoms with van der Waals surface area (Å²) in [4.78, 5) is 16.9. The van der Waals surface area contributed by atoms with Gasteiger partial charge in [-0.1, -0.05) is 29.8 Å². The standard InChI is InChI=1S/C23H26N2O3S/c1-4-27-20-11-7-18(8-12-20)17(3)24-22(26)13-19-15-29-23(25-19)14-28-21-9-5-16(2)6-10-21/h5-12,15,17H,4,13-14H2,1-3H3,(H,24,26). The normalized spacial score (nSPS) is 11.7. The number of hydrogen-bond donors (Lipinski definition) is 1. The van der Waals surface area contributed by atoms with Crippen LogP contribution in [0.25, 0.3) is 0 Å². The maximum Gasteiger partial charge on any atom is 0.226 e. The molecule has 0 radical (unpaired) electrons. The van der Waals surface area contributed by atoms with Gasteiger partial charge in [-0.15, -0.1) is 11.3 Å². The summed E-state index contributed by atoms with van der Waals surface area (Å²) >= 11 is 1.51. The number of aromatic nitrogens is 1. The molecule has 6 heteroatoms. The van der Waals surface area contributed by atoms with Crippen LogP contribution in [0, 0.1) is 6.92 Å². The molecule has 0 aliphatic carbocycles. The van der Waals surface area contributed by atoms with Crippen molar-refractivity contribution in [2.45, 2.75) is 39.8 Å². The molecule has 0 fully saturated rings. The first-order valence-electron chi connectivity index (χ1n) is 9.68. The second kappa shape index (κ2) is 10.1. The number of rotatable bonds is 9. The smallest absolute Gasteiger partial charge is 0.226 e. The van der Waals surface area contributed by atoms with E-state index in [9.17, 15) is 4.79 Å². The summed E-state index contributed by atoms with van der Waals surface area (Å²) in [5.41, 5.74) is 2.99. The summed E-state index contributed by atoms with van der Waals surface area (Å²) < 4.78 is 11.2. The molecule has 1 amide bonds. The molecule has 0 spiro atoms. The molecule has 0 saturated carbocycles. The first-order valence-corrected chi connectivity index (χ1v) is 10.6. The maximum absolute atomic E-state index is 12.4. The summed E-state index contributed by atoms with van der Waals surface area (Å²) in [6, 6.07) is 15.6. The zero-order valence-electron chi connectivity index (χ0n) is 17.0. The minimum atomic E-state index is -0.0823. The largest absolute Gasteiger partial charge is 0.494 e. The van der Waals surface area contributed by atoms with Crippen molar-refractivity contribution in [3.8, 4) is 11.5 Å². The Morgan fingerprint density at radius 1 is 1.07 bits per heavy atom. The van der Waals surface area contributed by atoms with Gasteiger partial charge in [-0.25, -0.2) is 4.98 Å². The van der Waals surface area contributed by atoms with E-state index < -0.39 is 0 Å². The van der Waals surface area contributed by atoms with Gasteiger partial charge in [0.1, 0.15) is 23.1 Å². The van der Waals surface area contributed by atoms with E-state index >= 15 is 0 Å². The first kappa shape index (κ1) is 20.9. The molecule has 3 rings (SSSR count). The molecule has 152 valence electrons. The third kappa shape index (κ3) is 6.32. The van der Waals surface area contributed by atoms with Gasteiger partial charge in [-0.3, -0.25) is 4.79 Å². The number of nitrogens with zero attached hydrogens (tertiary/aromatic N) is 1. The number of carbonyl (C=O) groups is 1. The zero-order valence-corrected chi connectivity index (χ0v) is 17.8. The van der Waals surface area contributed by atoms with Gasteiger partial charge in [0.05, 0.1) is 24.8 Å².